The molecule has 2 aromatic rings. The van der Waals surface area contributed by atoms with E-state index in [0.29, 0.717) is 33.9 Å². The van der Waals surface area contributed by atoms with Crippen LogP contribution in [-0.4, -0.2) is 31.8 Å². The fourth-order valence-corrected chi connectivity index (χ4v) is 4.08. The Kier molecular flexibility index (Phi) is 7.42. The van der Waals surface area contributed by atoms with E-state index in [1.807, 2.05) is 50.2 Å². The second-order valence-corrected chi connectivity index (χ2v) is 8.27. The molecule has 1 unspecified atom stereocenters. The van der Waals surface area contributed by atoms with Gasteiger partial charge < -0.3 is 24.8 Å². The molecule has 1 aliphatic rings. The summed E-state index contributed by atoms with van der Waals surface area (Å²) in [7, 11) is 1.56. The van der Waals surface area contributed by atoms with Crippen LogP contribution in [0.15, 0.2) is 48.0 Å². The van der Waals surface area contributed by atoms with E-state index in [4.69, 9.17) is 14.2 Å². The van der Waals surface area contributed by atoms with Gasteiger partial charge in [0.2, 0.25) is 0 Å². The molecule has 0 saturated carbocycles. The van der Waals surface area contributed by atoms with Crippen LogP contribution in [0.5, 0.6) is 11.5 Å². The first-order valence-electron chi connectivity index (χ1n) is 9.94. The van der Waals surface area contributed by atoms with Crippen LogP contribution < -0.4 is 20.1 Å². The average molecular weight is 536 g/mol. The third kappa shape index (κ3) is 5.12. The predicted octanol–water partition coefficient (Wildman–Crippen LogP) is 4.42. The number of rotatable bonds is 7. The van der Waals surface area contributed by atoms with E-state index in [9.17, 15) is 9.59 Å². The first-order valence-corrected chi connectivity index (χ1v) is 11.0. The van der Waals surface area contributed by atoms with E-state index >= 15 is 0 Å². The number of urea groups is 1. The van der Waals surface area contributed by atoms with Gasteiger partial charge in [0.15, 0.2) is 11.5 Å². The van der Waals surface area contributed by atoms with Crippen molar-refractivity contribution in [3.05, 3.63) is 62.7 Å². The Balaban J connectivity index is 2.19. The molecule has 0 aliphatic carbocycles. The van der Waals surface area contributed by atoms with Gasteiger partial charge in [-0.1, -0.05) is 30.3 Å². The largest absolute Gasteiger partial charge is 0.493 e. The zero-order chi connectivity index (χ0) is 22.5. The fraction of sp³-hybridized carbons (Fsp3) is 0.304. The van der Waals surface area contributed by atoms with E-state index in [1.54, 1.807) is 20.1 Å². The van der Waals surface area contributed by atoms with E-state index in [0.717, 1.165) is 3.57 Å². The third-order valence-corrected chi connectivity index (χ3v) is 5.37. The van der Waals surface area contributed by atoms with E-state index in [-0.39, 0.29) is 12.7 Å². The number of hydrogen-bond acceptors (Lipinski definition) is 5. The van der Waals surface area contributed by atoms with Gasteiger partial charge in [-0.05, 0) is 66.6 Å². The standard InChI is InChI=1S/C23H25IN2O5/c1-5-30-22(27)18-19(14-9-7-6-8-10-14)25-23(28)26-20(18)15-11-16(24)21(31-13(2)3)17(12-15)29-4/h6-13,20H,5H2,1-4H3,(H2,25,26,28). The Bertz CT molecular complexity index is 1000. The minimum absolute atomic E-state index is 0.0356. The van der Waals surface area contributed by atoms with Crippen LogP contribution >= 0.6 is 22.6 Å². The van der Waals surface area contributed by atoms with Crippen LogP contribution in [0.4, 0.5) is 4.79 Å². The van der Waals surface area contributed by atoms with Crippen LogP contribution in [0.2, 0.25) is 0 Å². The molecular weight excluding hydrogens is 511 g/mol. The van der Waals surface area contributed by atoms with Crippen molar-refractivity contribution >= 4 is 40.3 Å². The second kappa shape index (κ2) is 10.0. The minimum atomic E-state index is -0.724. The lowest BCUT2D eigenvalue weighted by Crippen LogP contribution is -2.45. The SMILES string of the molecule is CCOC(=O)C1=C(c2ccccc2)NC(=O)NC1c1cc(I)c(OC(C)C)c(OC)c1. The van der Waals surface area contributed by atoms with Crippen molar-refractivity contribution in [2.75, 3.05) is 13.7 Å². The van der Waals surface area contributed by atoms with Gasteiger partial charge >= 0.3 is 12.0 Å². The second-order valence-electron chi connectivity index (χ2n) is 7.11. The molecular formula is C23H25IN2O5. The van der Waals surface area contributed by atoms with Gasteiger partial charge in [0, 0.05) is 0 Å². The molecule has 2 aromatic carbocycles. The lowest BCUT2D eigenvalue weighted by atomic mass is 9.92. The van der Waals surface area contributed by atoms with Crippen LogP contribution in [0.25, 0.3) is 5.70 Å². The number of ether oxygens (including phenoxy) is 3. The first-order chi connectivity index (χ1) is 14.8. The molecule has 3 rings (SSSR count). The summed E-state index contributed by atoms with van der Waals surface area (Å²) in [6, 6.07) is 11.7. The average Bonchev–Trinajstić information content (AvgIpc) is 2.74. The van der Waals surface area contributed by atoms with Crippen molar-refractivity contribution in [2.45, 2.75) is 32.9 Å². The molecule has 1 aliphatic heterocycles. The number of methoxy groups -OCH3 is 1. The Morgan fingerprint density at radius 1 is 1.19 bits per heavy atom. The van der Waals surface area contributed by atoms with Gasteiger partial charge in [-0.2, -0.15) is 0 Å². The summed E-state index contributed by atoms with van der Waals surface area (Å²) in [5.41, 5.74) is 2.14. The highest BCUT2D eigenvalue weighted by atomic mass is 127. The molecule has 31 heavy (non-hydrogen) atoms. The van der Waals surface area contributed by atoms with E-state index in [1.165, 1.54) is 0 Å². The predicted molar refractivity (Wildman–Crippen MR) is 126 cm³/mol. The summed E-state index contributed by atoms with van der Waals surface area (Å²) in [4.78, 5) is 25.5. The molecule has 7 nitrogen and oxygen atoms in total. The fourth-order valence-electron chi connectivity index (χ4n) is 3.33. The van der Waals surface area contributed by atoms with Crippen molar-refractivity contribution < 1.29 is 23.8 Å². The Morgan fingerprint density at radius 2 is 1.90 bits per heavy atom. The van der Waals surface area contributed by atoms with Gasteiger partial charge in [0.1, 0.15) is 0 Å². The molecule has 1 heterocycles. The lowest BCUT2D eigenvalue weighted by Gasteiger charge is -2.30. The highest BCUT2D eigenvalue weighted by Crippen LogP contribution is 2.39. The van der Waals surface area contributed by atoms with Crippen molar-refractivity contribution in [3.8, 4) is 11.5 Å². The number of carbonyl (C=O) groups excluding carboxylic acids is 2. The van der Waals surface area contributed by atoms with Gasteiger partial charge in [-0.25, -0.2) is 9.59 Å². The molecule has 0 fully saturated rings. The topological polar surface area (TPSA) is 85.9 Å². The zero-order valence-electron chi connectivity index (χ0n) is 17.8. The molecule has 0 bridgehead atoms. The number of amides is 2. The normalized spacial score (nSPS) is 15.9. The summed E-state index contributed by atoms with van der Waals surface area (Å²) >= 11 is 2.16. The highest BCUT2D eigenvalue weighted by molar-refractivity contribution is 14.1. The molecule has 0 saturated heterocycles. The maximum absolute atomic E-state index is 13.0. The molecule has 8 heteroatoms. The van der Waals surface area contributed by atoms with Crippen molar-refractivity contribution in [2.24, 2.45) is 0 Å². The number of hydrogen-bond donors (Lipinski definition) is 2. The maximum atomic E-state index is 13.0. The number of halogens is 1. The molecule has 2 N–H and O–H groups in total. The van der Waals surface area contributed by atoms with Gasteiger partial charge in [0.05, 0.1) is 40.7 Å². The molecule has 2 amide bonds. The van der Waals surface area contributed by atoms with Crippen molar-refractivity contribution in [1.82, 2.24) is 10.6 Å². The number of esters is 1. The first kappa shape index (κ1) is 22.9. The molecule has 164 valence electrons. The third-order valence-electron chi connectivity index (χ3n) is 4.57. The molecule has 1 atom stereocenters. The maximum Gasteiger partial charge on any atom is 0.338 e. The highest BCUT2D eigenvalue weighted by Gasteiger charge is 2.35. The molecule has 0 aromatic heterocycles. The van der Waals surface area contributed by atoms with Crippen molar-refractivity contribution in [3.63, 3.8) is 0 Å². The summed E-state index contributed by atoms with van der Waals surface area (Å²) in [6.45, 7) is 5.83. The summed E-state index contributed by atoms with van der Waals surface area (Å²) in [5, 5.41) is 5.63. The zero-order valence-corrected chi connectivity index (χ0v) is 20.0. The van der Waals surface area contributed by atoms with Crippen LogP contribution in [0, 0.1) is 3.57 Å². The number of benzene rings is 2. The smallest absolute Gasteiger partial charge is 0.338 e. The van der Waals surface area contributed by atoms with Crippen LogP contribution in [0.3, 0.4) is 0 Å². The van der Waals surface area contributed by atoms with Crippen LogP contribution in [-0.2, 0) is 9.53 Å². The van der Waals surface area contributed by atoms with Crippen LogP contribution in [0.1, 0.15) is 37.9 Å². The van der Waals surface area contributed by atoms with Gasteiger partial charge in [0.25, 0.3) is 0 Å². The van der Waals surface area contributed by atoms with Gasteiger partial charge in [-0.3, -0.25) is 0 Å². The number of nitrogens with one attached hydrogen (secondary N) is 2. The summed E-state index contributed by atoms with van der Waals surface area (Å²) < 4.78 is 17.6. The Labute approximate surface area is 195 Å². The summed E-state index contributed by atoms with van der Waals surface area (Å²) in [6.07, 6.45) is -0.0356. The van der Waals surface area contributed by atoms with E-state index in [2.05, 4.69) is 33.2 Å². The molecule has 0 radical (unpaired) electrons. The Morgan fingerprint density at radius 3 is 2.52 bits per heavy atom. The van der Waals surface area contributed by atoms with E-state index < -0.39 is 18.0 Å². The summed E-state index contributed by atoms with van der Waals surface area (Å²) in [5.74, 6) is 0.634. The Hall–Kier alpha value is -2.75. The monoisotopic (exact) mass is 536 g/mol. The van der Waals surface area contributed by atoms with Gasteiger partial charge in [-0.15, -0.1) is 0 Å². The van der Waals surface area contributed by atoms with Crippen molar-refractivity contribution in [1.29, 1.82) is 0 Å². The molecule has 0 spiro atoms. The quantitative estimate of drug-likeness (QED) is 0.405. The lowest BCUT2D eigenvalue weighted by molar-refractivity contribution is -0.138. The minimum Gasteiger partial charge on any atom is -0.493 e. The number of carbonyl (C=O) groups is 2.